The van der Waals surface area contributed by atoms with Crippen LogP contribution in [-0.4, -0.2) is 14.8 Å². The molecule has 1 aromatic carbocycles. The van der Waals surface area contributed by atoms with Crippen LogP contribution in [0.3, 0.4) is 0 Å². The van der Waals surface area contributed by atoms with Gasteiger partial charge in [0.05, 0.1) is 11.4 Å². The molecule has 0 aliphatic heterocycles. The van der Waals surface area contributed by atoms with Crippen LogP contribution in [0.2, 0.25) is 0 Å². The molecule has 0 radical (unpaired) electrons. The average Bonchev–Trinajstić information content (AvgIpc) is 3.04. The Morgan fingerprint density at radius 1 is 1.05 bits per heavy atom. The lowest BCUT2D eigenvalue weighted by atomic mass is 10.1. The zero-order chi connectivity index (χ0) is 14.5. The van der Waals surface area contributed by atoms with Crippen molar-refractivity contribution in [1.82, 2.24) is 20.1 Å². The van der Waals surface area contributed by atoms with Crippen LogP contribution in [0.25, 0.3) is 5.69 Å². The van der Waals surface area contributed by atoms with E-state index < -0.39 is 0 Å². The second-order valence-electron chi connectivity index (χ2n) is 5.01. The van der Waals surface area contributed by atoms with Gasteiger partial charge in [0.2, 0.25) is 0 Å². The van der Waals surface area contributed by atoms with Crippen molar-refractivity contribution in [3.63, 3.8) is 0 Å². The van der Waals surface area contributed by atoms with Gasteiger partial charge in [-0.3, -0.25) is 4.98 Å². The van der Waals surface area contributed by atoms with Gasteiger partial charge in [0.25, 0.3) is 0 Å². The van der Waals surface area contributed by atoms with Crippen LogP contribution < -0.4 is 5.32 Å². The predicted molar refractivity (Wildman–Crippen MR) is 83.1 cm³/mol. The van der Waals surface area contributed by atoms with Gasteiger partial charge in [0.15, 0.2) is 0 Å². The molecule has 0 aliphatic carbocycles. The predicted octanol–water partition coefficient (Wildman–Crippen LogP) is 2.87. The average molecular weight is 278 g/mol. The molecule has 4 heteroatoms. The van der Waals surface area contributed by atoms with Gasteiger partial charge < -0.3 is 5.32 Å². The fourth-order valence-corrected chi connectivity index (χ4v) is 2.22. The van der Waals surface area contributed by atoms with Gasteiger partial charge in [-0.2, -0.15) is 5.10 Å². The van der Waals surface area contributed by atoms with E-state index in [4.69, 9.17) is 0 Å². The summed E-state index contributed by atoms with van der Waals surface area (Å²) in [6.45, 7) is 3.59. The molecular formula is C17H18N4. The van der Waals surface area contributed by atoms with Crippen molar-refractivity contribution in [1.29, 1.82) is 0 Å². The Morgan fingerprint density at radius 2 is 1.95 bits per heavy atom. The van der Waals surface area contributed by atoms with Crippen LogP contribution in [0.1, 0.15) is 16.8 Å². The largest absolute Gasteiger partial charge is 0.307 e. The Kier molecular flexibility index (Phi) is 4.07. The van der Waals surface area contributed by atoms with Crippen LogP contribution >= 0.6 is 0 Å². The second kappa shape index (κ2) is 6.33. The molecule has 2 aromatic heterocycles. The highest BCUT2D eigenvalue weighted by Gasteiger charge is 2.04. The maximum atomic E-state index is 4.40. The Labute approximate surface area is 124 Å². The highest BCUT2D eigenvalue weighted by molar-refractivity contribution is 5.40. The Hall–Kier alpha value is -2.46. The molecule has 0 atom stereocenters. The highest BCUT2D eigenvalue weighted by Crippen LogP contribution is 2.13. The Balaban J connectivity index is 1.67. The minimum atomic E-state index is 0.758. The molecule has 106 valence electrons. The lowest BCUT2D eigenvalue weighted by molar-refractivity contribution is 0.673. The Bertz CT molecular complexity index is 687. The van der Waals surface area contributed by atoms with Crippen molar-refractivity contribution in [2.75, 3.05) is 0 Å². The molecule has 0 aliphatic rings. The monoisotopic (exact) mass is 278 g/mol. The molecule has 1 N–H and O–H groups in total. The number of nitrogens with one attached hydrogen (secondary N) is 1. The normalized spacial score (nSPS) is 10.7. The molecular weight excluding hydrogens is 260 g/mol. The number of pyridine rings is 1. The first-order valence-electron chi connectivity index (χ1n) is 7.03. The SMILES string of the molecule is Cc1ccc(CNCc2ccccc2-n2cccn2)nc1. The van der Waals surface area contributed by atoms with E-state index in [0.29, 0.717) is 0 Å². The van der Waals surface area contributed by atoms with E-state index >= 15 is 0 Å². The second-order valence-corrected chi connectivity index (χ2v) is 5.01. The number of rotatable bonds is 5. The summed E-state index contributed by atoms with van der Waals surface area (Å²) in [4.78, 5) is 4.40. The van der Waals surface area contributed by atoms with E-state index in [0.717, 1.165) is 24.5 Å². The topological polar surface area (TPSA) is 42.7 Å². The van der Waals surface area contributed by atoms with Crippen molar-refractivity contribution in [2.24, 2.45) is 0 Å². The molecule has 21 heavy (non-hydrogen) atoms. The fraction of sp³-hybridized carbons (Fsp3) is 0.176. The summed E-state index contributed by atoms with van der Waals surface area (Å²) in [5.74, 6) is 0. The quantitative estimate of drug-likeness (QED) is 0.780. The summed E-state index contributed by atoms with van der Waals surface area (Å²) in [5, 5.41) is 7.74. The molecule has 0 unspecified atom stereocenters. The lowest BCUT2D eigenvalue weighted by Crippen LogP contribution is -2.15. The van der Waals surface area contributed by atoms with Gasteiger partial charge in [0, 0.05) is 31.7 Å². The summed E-state index contributed by atoms with van der Waals surface area (Å²) in [5.41, 5.74) is 4.56. The number of hydrogen-bond acceptors (Lipinski definition) is 3. The van der Waals surface area contributed by atoms with Crippen LogP contribution in [0.4, 0.5) is 0 Å². The lowest BCUT2D eigenvalue weighted by Gasteiger charge is -2.10. The summed E-state index contributed by atoms with van der Waals surface area (Å²) >= 11 is 0. The third-order valence-corrected chi connectivity index (χ3v) is 3.34. The smallest absolute Gasteiger partial charge is 0.0690 e. The maximum Gasteiger partial charge on any atom is 0.0690 e. The van der Waals surface area contributed by atoms with Gasteiger partial charge >= 0.3 is 0 Å². The van der Waals surface area contributed by atoms with Gasteiger partial charge in [-0.25, -0.2) is 4.68 Å². The molecule has 4 nitrogen and oxygen atoms in total. The molecule has 0 fully saturated rings. The zero-order valence-electron chi connectivity index (χ0n) is 12.0. The van der Waals surface area contributed by atoms with Crippen LogP contribution in [-0.2, 0) is 13.1 Å². The van der Waals surface area contributed by atoms with Crippen LogP contribution in [0.5, 0.6) is 0 Å². The maximum absolute atomic E-state index is 4.40. The van der Waals surface area contributed by atoms with Crippen molar-refractivity contribution in [3.05, 3.63) is 77.9 Å². The minimum Gasteiger partial charge on any atom is -0.307 e. The Morgan fingerprint density at radius 3 is 2.71 bits per heavy atom. The first kappa shape index (κ1) is 13.5. The van der Waals surface area contributed by atoms with Crippen molar-refractivity contribution in [3.8, 4) is 5.69 Å². The molecule has 3 aromatic rings. The van der Waals surface area contributed by atoms with Gasteiger partial charge in [0.1, 0.15) is 0 Å². The summed E-state index contributed by atoms with van der Waals surface area (Å²) < 4.78 is 1.89. The molecule has 0 spiro atoms. The van der Waals surface area contributed by atoms with E-state index in [1.54, 1.807) is 6.20 Å². The van der Waals surface area contributed by atoms with Crippen molar-refractivity contribution in [2.45, 2.75) is 20.0 Å². The number of aryl methyl sites for hydroxylation is 1. The third kappa shape index (κ3) is 3.35. The van der Waals surface area contributed by atoms with Crippen LogP contribution in [0.15, 0.2) is 61.1 Å². The molecule has 0 bridgehead atoms. The van der Waals surface area contributed by atoms with Crippen molar-refractivity contribution < 1.29 is 0 Å². The van der Waals surface area contributed by atoms with E-state index in [2.05, 4.69) is 39.7 Å². The van der Waals surface area contributed by atoms with Crippen LogP contribution in [0, 0.1) is 6.92 Å². The first-order chi connectivity index (χ1) is 10.3. The first-order valence-corrected chi connectivity index (χ1v) is 7.03. The molecule has 2 heterocycles. The van der Waals surface area contributed by atoms with Gasteiger partial charge in [-0.05, 0) is 36.2 Å². The summed E-state index contributed by atoms with van der Waals surface area (Å²) in [7, 11) is 0. The van der Waals surface area contributed by atoms with E-state index in [9.17, 15) is 0 Å². The van der Waals surface area contributed by atoms with Crippen molar-refractivity contribution >= 4 is 0 Å². The fourth-order valence-electron chi connectivity index (χ4n) is 2.22. The number of hydrogen-bond donors (Lipinski definition) is 1. The number of benzene rings is 1. The number of nitrogens with zero attached hydrogens (tertiary/aromatic N) is 3. The number of aromatic nitrogens is 3. The molecule has 0 saturated heterocycles. The number of para-hydroxylation sites is 1. The summed E-state index contributed by atoms with van der Waals surface area (Å²) in [6.07, 6.45) is 5.65. The highest BCUT2D eigenvalue weighted by atomic mass is 15.3. The zero-order valence-corrected chi connectivity index (χ0v) is 12.0. The van der Waals surface area contributed by atoms with E-state index in [-0.39, 0.29) is 0 Å². The van der Waals surface area contributed by atoms with E-state index in [1.165, 1.54) is 11.1 Å². The standard InChI is InChI=1S/C17H18N4/c1-14-7-8-16(19-11-14)13-18-12-15-5-2-3-6-17(15)21-10-4-9-20-21/h2-11,18H,12-13H2,1H3. The third-order valence-electron chi connectivity index (χ3n) is 3.34. The molecule has 0 saturated carbocycles. The van der Waals surface area contributed by atoms with Gasteiger partial charge in [-0.1, -0.05) is 24.3 Å². The molecule has 0 amide bonds. The minimum absolute atomic E-state index is 0.758. The van der Waals surface area contributed by atoms with Gasteiger partial charge in [-0.15, -0.1) is 0 Å². The van der Waals surface area contributed by atoms with E-state index in [1.807, 2.05) is 42.2 Å². The summed E-state index contributed by atoms with van der Waals surface area (Å²) in [6, 6.07) is 14.3. The molecule has 3 rings (SSSR count).